The van der Waals surface area contributed by atoms with E-state index in [-0.39, 0.29) is 5.97 Å². The van der Waals surface area contributed by atoms with Crippen molar-refractivity contribution in [2.75, 3.05) is 6.61 Å². The molecule has 0 fully saturated rings. The topological polar surface area (TPSA) is 26.3 Å². The van der Waals surface area contributed by atoms with E-state index in [4.69, 9.17) is 4.74 Å². The molecule has 0 aliphatic heterocycles. The Balaban J connectivity index is 2.65. The van der Waals surface area contributed by atoms with Gasteiger partial charge >= 0.3 is 5.97 Å². The highest BCUT2D eigenvalue weighted by atomic mass is 79.9. The molecule has 86 valence electrons. The van der Waals surface area contributed by atoms with Gasteiger partial charge in [-0.25, -0.2) is 4.79 Å². The smallest absolute Gasteiger partial charge is 0.330 e. The van der Waals surface area contributed by atoms with Crippen LogP contribution >= 0.6 is 15.9 Å². The highest BCUT2D eigenvalue weighted by Gasteiger charge is 1.98. The van der Waals surface area contributed by atoms with Gasteiger partial charge in [-0.2, -0.15) is 0 Å². The molecular formula is C13H15BrO2. The molecular weight excluding hydrogens is 268 g/mol. The third-order valence-electron chi connectivity index (χ3n) is 2.00. The van der Waals surface area contributed by atoms with Crippen molar-refractivity contribution in [3.63, 3.8) is 0 Å². The number of hydrogen-bond acceptors (Lipinski definition) is 2. The van der Waals surface area contributed by atoms with E-state index < -0.39 is 0 Å². The summed E-state index contributed by atoms with van der Waals surface area (Å²) in [5.74, 6) is -0.297. The summed E-state index contributed by atoms with van der Waals surface area (Å²) < 4.78 is 5.91. The number of hydrogen-bond donors (Lipinski definition) is 0. The Morgan fingerprint density at radius 3 is 2.88 bits per heavy atom. The van der Waals surface area contributed by atoms with Gasteiger partial charge in [-0.1, -0.05) is 35.0 Å². The number of halogens is 1. The van der Waals surface area contributed by atoms with Gasteiger partial charge in [0.2, 0.25) is 0 Å². The molecule has 1 aromatic carbocycles. The molecule has 16 heavy (non-hydrogen) atoms. The van der Waals surface area contributed by atoms with Gasteiger partial charge in [0.25, 0.3) is 0 Å². The van der Waals surface area contributed by atoms with Crippen LogP contribution in [0.1, 0.15) is 24.5 Å². The molecule has 0 N–H and O–H groups in total. The molecule has 0 atom stereocenters. The van der Waals surface area contributed by atoms with Crippen LogP contribution in [0.15, 0.2) is 28.7 Å². The lowest BCUT2D eigenvalue weighted by Gasteiger charge is -2.00. The average molecular weight is 283 g/mol. The van der Waals surface area contributed by atoms with Crippen molar-refractivity contribution >= 4 is 28.0 Å². The predicted molar refractivity (Wildman–Crippen MR) is 69.2 cm³/mol. The summed E-state index contributed by atoms with van der Waals surface area (Å²) in [5, 5.41) is 0. The highest BCUT2D eigenvalue weighted by molar-refractivity contribution is 9.10. The predicted octanol–water partition coefficient (Wildman–Crippen LogP) is 3.72. The monoisotopic (exact) mass is 282 g/mol. The van der Waals surface area contributed by atoms with Crippen LogP contribution in [0.4, 0.5) is 0 Å². The van der Waals surface area contributed by atoms with E-state index in [0.29, 0.717) is 6.61 Å². The Kier molecular flexibility index (Phi) is 5.26. The zero-order valence-corrected chi connectivity index (χ0v) is 11.1. The molecule has 0 heterocycles. The molecule has 1 aromatic rings. The first-order chi connectivity index (χ1) is 7.63. The molecule has 0 bridgehead atoms. The van der Waals surface area contributed by atoms with Crippen LogP contribution in [0, 0.1) is 6.92 Å². The first-order valence-corrected chi connectivity index (χ1v) is 6.03. The van der Waals surface area contributed by atoms with E-state index >= 15 is 0 Å². The fourth-order valence-corrected chi connectivity index (χ4v) is 1.80. The van der Waals surface area contributed by atoms with E-state index in [2.05, 4.69) is 15.9 Å². The summed E-state index contributed by atoms with van der Waals surface area (Å²) in [7, 11) is 0. The highest BCUT2D eigenvalue weighted by Crippen LogP contribution is 2.19. The molecule has 0 amide bonds. The number of carbonyl (C=O) groups excluding carboxylic acids is 1. The average Bonchev–Trinajstić information content (AvgIpc) is 2.25. The first kappa shape index (κ1) is 13.0. The van der Waals surface area contributed by atoms with E-state index in [1.807, 2.05) is 32.0 Å². The molecule has 0 spiro atoms. The van der Waals surface area contributed by atoms with Crippen LogP contribution in [-0.2, 0) is 9.53 Å². The quantitative estimate of drug-likeness (QED) is 0.621. The minimum atomic E-state index is -0.297. The summed E-state index contributed by atoms with van der Waals surface area (Å²) in [6.07, 6.45) is 4.04. The van der Waals surface area contributed by atoms with Gasteiger partial charge in [-0.3, -0.25) is 0 Å². The van der Waals surface area contributed by atoms with Crippen molar-refractivity contribution in [2.24, 2.45) is 0 Å². The maximum absolute atomic E-state index is 11.2. The molecule has 3 heteroatoms. The number of benzene rings is 1. The van der Waals surface area contributed by atoms with Crippen LogP contribution in [0.2, 0.25) is 0 Å². The Morgan fingerprint density at radius 1 is 1.50 bits per heavy atom. The summed E-state index contributed by atoms with van der Waals surface area (Å²) in [4.78, 5) is 11.2. The van der Waals surface area contributed by atoms with Gasteiger partial charge < -0.3 is 4.74 Å². The van der Waals surface area contributed by atoms with Crippen molar-refractivity contribution in [2.45, 2.75) is 20.3 Å². The van der Waals surface area contributed by atoms with E-state index in [9.17, 15) is 4.79 Å². The van der Waals surface area contributed by atoms with Crippen LogP contribution in [0.5, 0.6) is 0 Å². The maximum Gasteiger partial charge on any atom is 0.330 e. The van der Waals surface area contributed by atoms with Crippen molar-refractivity contribution in [3.8, 4) is 0 Å². The SMILES string of the molecule is CCCOC(=O)C=Cc1ccc(C)cc1Br. The van der Waals surface area contributed by atoms with Gasteiger partial charge in [0.15, 0.2) is 0 Å². The molecule has 1 rings (SSSR count). The van der Waals surface area contributed by atoms with Gasteiger partial charge in [0, 0.05) is 10.5 Å². The van der Waals surface area contributed by atoms with Crippen molar-refractivity contribution in [1.29, 1.82) is 0 Å². The van der Waals surface area contributed by atoms with E-state index in [0.717, 1.165) is 16.5 Å². The van der Waals surface area contributed by atoms with Gasteiger partial charge in [-0.05, 0) is 36.6 Å². The third-order valence-corrected chi connectivity index (χ3v) is 2.69. The van der Waals surface area contributed by atoms with Gasteiger partial charge in [0.1, 0.15) is 0 Å². The number of aryl methyl sites for hydroxylation is 1. The zero-order valence-electron chi connectivity index (χ0n) is 9.50. The fourth-order valence-electron chi connectivity index (χ4n) is 1.18. The lowest BCUT2D eigenvalue weighted by Crippen LogP contribution is -2.00. The van der Waals surface area contributed by atoms with Crippen molar-refractivity contribution in [3.05, 3.63) is 39.9 Å². The molecule has 2 nitrogen and oxygen atoms in total. The lowest BCUT2D eigenvalue weighted by atomic mass is 10.1. The molecule has 0 aliphatic rings. The molecule has 0 radical (unpaired) electrons. The number of carbonyl (C=O) groups is 1. The molecule has 0 unspecified atom stereocenters. The Bertz CT molecular complexity index is 397. The Labute approximate surface area is 104 Å². The number of ether oxygens (including phenoxy) is 1. The standard InChI is InChI=1S/C13H15BrO2/c1-3-8-16-13(15)7-6-11-5-4-10(2)9-12(11)14/h4-7,9H,3,8H2,1-2H3. The van der Waals surface area contributed by atoms with Crippen molar-refractivity contribution < 1.29 is 9.53 Å². The molecule has 0 saturated carbocycles. The van der Waals surface area contributed by atoms with Gasteiger partial charge in [0.05, 0.1) is 6.61 Å². The largest absolute Gasteiger partial charge is 0.463 e. The van der Waals surface area contributed by atoms with Gasteiger partial charge in [-0.15, -0.1) is 0 Å². The molecule has 0 aliphatic carbocycles. The van der Waals surface area contributed by atoms with Crippen molar-refractivity contribution in [1.82, 2.24) is 0 Å². The number of rotatable bonds is 4. The fraction of sp³-hybridized carbons (Fsp3) is 0.308. The van der Waals surface area contributed by atoms with Crippen LogP contribution in [0.3, 0.4) is 0 Å². The maximum atomic E-state index is 11.2. The normalized spacial score (nSPS) is 10.7. The van der Waals surface area contributed by atoms with Crippen LogP contribution < -0.4 is 0 Å². The lowest BCUT2D eigenvalue weighted by molar-refractivity contribution is -0.137. The second-order valence-corrected chi connectivity index (χ2v) is 4.38. The third kappa shape index (κ3) is 4.19. The summed E-state index contributed by atoms with van der Waals surface area (Å²) in [5.41, 5.74) is 2.15. The zero-order chi connectivity index (χ0) is 12.0. The summed E-state index contributed by atoms with van der Waals surface area (Å²) in [6, 6.07) is 5.97. The second-order valence-electron chi connectivity index (χ2n) is 3.53. The Morgan fingerprint density at radius 2 is 2.25 bits per heavy atom. The summed E-state index contributed by atoms with van der Waals surface area (Å²) in [6.45, 7) is 4.46. The Hall–Kier alpha value is -1.09. The molecule has 0 saturated heterocycles. The van der Waals surface area contributed by atoms with Crippen LogP contribution in [0.25, 0.3) is 6.08 Å². The first-order valence-electron chi connectivity index (χ1n) is 5.24. The number of esters is 1. The minimum absolute atomic E-state index is 0.297. The molecule has 0 aromatic heterocycles. The second kappa shape index (κ2) is 6.48. The van der Waals surface area contributed by atoms with E-state index in [1.165, 1.54) is 11.6 Å². The summed E-state index contributed by atoms with van der Waals surface area (Å²) >= 11 is 3.45. The minimum Gasteiger partial charge on any atom is -0.463 e. The van der Waals surface area contributed by atoms with E-state index in [1.54, 1.807) is 6.08 Å². The van der Waals surface area contributed by atoms with Crippen LogP contribution in [-0.4, -0.2) is 12.6 Å².